The van der Waals surface area contributed by atoms with E-state index >= 15 is 0 Å². The standard InChI is InChI=1S/C10H12ClNS/c1-7-5-12-9-4-8(11)2-3-10(9)13-6-7/h2-4,7,12H,5-6H2,1H3/t7-/m0/s1. The lowest BCUT2D eigenvalue weighted by Gasteiger charge is -2.07. The summed E-state index contributed by atoms with van der Waals surface area (Å²) in [5.74, 6) is 1.90. The number of anilines is 1. The summed E-state index contributed by atoms with van der Waals surface area (Å²) in [4.78, 5) is 1.31. The van der Waals surface area contributed by atoms with Crippen LogP contribution >= 0.6 is 23.4 Å². The molecule has 70 valence electrons. The van der Waals surface area contributed by atoms with Crippen molar-refractivity contribution < 1.29 is 0 Å². The Balaban J connectivity index is 2.30. The van der Waals surface area contributed by atoms with E-state index in [9.17, 15) is 0 Å². The molecule has 13 heavy (non-hydrogen) atoms. The maximum atomic E-state index is 5.92. The van der Waals surface area contributed by atoms with E-state index in [4.69, 9.17) is 11.6 Å². The van der Waals surface area contributed by atoms with Crippen molar-refractivity contribution in [1.82, 2.24) is 0 Å². The van der Waals surface area contributed by atoms with Crippen LogP contribution in [0.3, 0.4) is 0 Å². The number of fused-ring (bicyclic) bond motifs is 1. The number of hydrogen-bond donors (Lipinski definition) is 1. The van der Waals surface area contributed by atoms with Crippen LogP contribution in [-0.2, 0) is 0 Å². The second-order valence-corrected chi connectivity index (χ2v) is 4.94. The van der Waals surface area contributed by atoms with Gasteiger partial charge < -0.3 is 5.32 Å². The largest absolute Gasteiger partial charge is 0.384 e. The first-order valence-corrected chi connectivity index (χ1v) is 5.78. The first-order chi connectivity index (χ1) is 6.25. The summed E-state index contributed by atoms with van der Waals surface area (Å²) in [5, 5.41) is 4.22. The first kappa shape index (κ1) is 9.22. The van der Waals surface area contributed by atoms with Crippen molar-refractivity contribution in [1.29, 1.82) is 0 Å². The topological polar surface area (TPSA) is 12.0 Å². The van der Waals surface area contributed by atoms with Gasteiger partial charge in [-0.3, -0.25) is 0 Å². The molecule has 1 N–H and O–H groups in total. The minimum Gasteiger partial charge on any atom is -0.384 e. The Hall–Kier alpha value is -0.340. The lowest BCUT2D eigenvalue weighted by molar-refractivity contribution is 0.705. The Morgan fingerprint density at radius 1 is 1.54 bits per heavy atom. The number of thioether (sulfide) groups is 1. The predicted octanol–water partition coefficient (Wildman–Crippen LogP) is 3.49. The van der Waals surface area contributed by atoms with Crippen molar-refractivity contribution in [2.45, 2.75) is 11.8 Å². The Labute approximate surface area is 87.9 Å². The highest BCUT2D eigenvalue weighted by Gasteiger charge is 2.12. The van der Waals surface area contributed by atoms with Crippen molar-refractivity contribution in [3.8, 4) is 0 Å². The van der Waals surface area contributed by atoms with Crippen molar-refractivity contribution in [2.24, 2.45) is 5.92 Å². The lowest BCUT2D eigenvalue weighted by Crippen LogP contribution is -2.10. The number of benzene rings is 1. The van der Waals surface area contributed by atoms with Gasteiger partial charge in [-0.1, -0.05) is 18.5 Å². The Kier molecular flexibility index (Phi) is 2.70. The van der Waals surface area contributed by atoms with Gasteiger partial charge in [0.15, 0.2) is 0 Å². The van der Waals surface area contributed by atoms with Crippen molar-refractivity contribution in [3.63, 3.8) is 0 Å². The van der Waals surface area contributed by atoms with Gasteiger partial charge >= 0.3 is 0 Å². The third-order valence-electron chi connectivity index (χ3n) is 2.11. The van der Waals surface area contributed by atoms with Crippen LogP contribution in [0.15, 0.2) is 23.1 Å². The molecule has 1 aromatic rings. The van der Waals surface area contributed by atoms with Gasteiger partial charge in [0, 0.05) is 27.9 Å². The Morgan fingerprint density at radius 3 is 3.23 bits per heavy atom. The molecule has 0 spiro atoms. The smallest absolute Gasteiger partial charge is 0.0493 e. The average molecular weight is 214 g/mol. The van der Waals surface area contributed by atoms with Crippen LogP contribution in [0.1, 0.15) is 6.92 Å². The summed E-state index contributed by atoms with van der Waals surface area (Å²) in [7, 11) is 0. The maximum absolute atomic E-state index is 5.92. The van der Waals surface area contributed by atoms with E-state index in [1.807, 2.05) is 23.9 Å². The van der Waals surface area contributed by atoms with E-state index in [2.05, 4.69) is 18.3 Å². The van der Waals surface area contributed by atoms with Crippen LogP contribution in [0.25, 0.3) is 0 Å². The summed E-state index contributed by atoms with van der Waals surface area (Å²) in [6.45, 7) is 3.30. The number of hydrogen-bond acceptors (Lipinski definition) is 2. The van der Waals surface area contributed by atoms with E-state index < -0.39 is 0 Å². The van der Waals surface area contributed by atoms with Crippen LogP contribution in [0.2, 0.25) is 5.02 Å². The summed E-state index contributed by atoms with van der Waals surface area (Å²) in [6, 6.07) is 6.04. The van der Waals surface area contributed by atoms with Crippen LogP contribution in [0.4, 0.5) is 5.69 Å². The molecule has 0 radical (unpaired) electrons. The molecule has 0 saturated carbocycles. The summed E-state index contributed by atoms with van der Waals surface area (Å²) in [5.41, 5.74) is 1.18. The molecule has 0 saturated heterocycles. The molecule has 1 atom stereocenters. The molecule has 0 amide bonds. The van der Waals surface area contributed by atoms with Crippen LogP contribution < -0.4 is 5.32 Å². The molecular formula is C10H12ClNS. The second-order valence-electron chi connectivity index (χ2n) is 3.44. The molecule has 3 heteroatoms. The molecule has 2 rings (SSSR count). The fraction of sp³-hybridized carbons (Fsp3) is 0.400. The zero-order valence-electron chi connectivity index (χ0n) is 7.51. The van der Waals surface area contributed by atoms with E-state index in [1.165, 1.54) is 16.3 Å². The predicted molar refractivity (Wildman–Crippen MR) is 59.8 cm³/mol. The molecule has 0 unspecified atom stereocenters. The van der Waals surface area contributed by atoms with Gasteiger partial charge in [0.1, 0.15) is 0 Å². The van der Waals surface area contributed by atoms with E-state index in [-0.39, 0.29) is 0 Å². The summed E-state index contributed by atoms with van der Waals surface area (Å²) >= 11 is 7.82. The molecular weight excluding hydrogens is 202 g/mol. The lowest BCUT2D eigenvalue weighted by atomic mass is 10.2. The van der Waals surface area contributed by atoms with Crippen LogP contribution in [0.5, 0.6) is 0 Å². The summed E-state index contributed by atoms with van der Waals surface area (Å²) < 4.78 is 0. The highest BCUT2D eigenvalue weighted by atomic mass is 35.5. The average Bonchev–Trinajstić information content (AvgIpc) is 2.29. The highest BCUT2D eigenvalue weighted by molar-refractivity contribution is 7.99. The van der Waals surface area contributed by atoms with Crippen molar-refractivity contribution >= 4 is 29.1 Å². The van der Waals surface area contributed by atoms with E-state index in [0.717, 1.165) is 17.5 Å². The highest BCUT2D eigenvalue weighted by Crippen LogP contribution is 2.33. The maximum Gasteiger partial charge on any atom is 0.0493 e. The Morgan fingerprint density at radius 2 is 2.38 bits per heavy atom. The zero-order valence-corrected chi connectivity index (χ0v) is 9.08. The van der Waals surface area contributed by atoms with Crippen molar-refractivity contribution in [3.05, 3.63) is 23.2 Å². The minimum absolute atomic E-state index is 0.719. The van der Waals surface area contributed by atoms with Gasteiger partial charge in [-0.05, 0) is 24.1 Å². The minimum atomic E-state index is 0.719. The number of rotatable bonds is 0. The third kappa shape index (κ3) is 2.12. The molecule has 1 aliphatic rings. The van der Waals surface area contributed by atoms with Gasteiger partial charge in [0.25, 0.3) is 0 Å². The Bertz CT molecular complexity index is 314. The van der Waals surface area contributed by atoms with Gasteiger partial charge in [0.05, 0.1) is 0 Å². The summed E-state index contributed by atoms with van der Waals surface area (Å²) in [6.07, 6.45) is 0. The number of nitrogens with one attached hydrogen (secondary N) is 1. The molecule has 0 aliphatic carbocycles. The zero-order chi connectivity index (χ0) is 9.26. The van der Waals surface area contributed by atoms with Gasteiger partial charge in [0.2, 0.25) is 0 Å². The third-order valence-corrected chi connectivity index (χ3v) is 3.74. The van der Waals surface area contributed by atoms with Crippen LogP contribution in [0, 0.1) is 5.92 Å². The van der Waals surface area contributed by atoms with Crippen molar-refractivity contribution in [2.75, 3.05) is 17.6 Å². The number of halogens is 1. The van der Waals surface area contributed by atoms with Gasteiger partial charge in [-0.15, -0.1) is 11.8 Å². The van der Waals surface area contributed by atoms with Gasteiger partial charge in [-0.25, -0.2) is 0 Å². The molecule has 1 aliphatic heterocycles. The van der Waals surface area contributed by atoms with E-state index in [1.54, 1.807) is 0 Å². The molecule has 1 nitrogen and oxygen atoms in total. The molecule has 0 bridgehead atoms. The fourth-order valence-electron chi connectivity index (χ4n) is 1.34. The second kappa shape index (κ2) is 3.81. The van der Waals surface area contributed by atoms with Crippen LogP contribution in [-0.4, -0.2) is 12.3 Å². The monoisotopic (exact) mass is 213 g/mol. The SMILES string of the molecule is C[C@H]1CNc2cc(Cl)ccc2SC1. The van der Waals surface area contributed by atoms with E-state index in [0.29, 0.717) is 0 Å². The molecule has 1 heterocycles. The fourth-order valence-corrected chi connectivity index (χ4v) is 2.55. The quantitative estimate of drug-likeness (QED) is 0.708. The van der Waals surface area contributed by atoms with Gasteiger partial charge in [-0.2, -0.15) is 0 Å². The first-order valence-electron chi connectivity index (χ1n) is 4.42. The normalized spacial score (nSPS) is 21.5. The molecule has 0 fully saturated rings. The molecule has 1 aromatic carbocycles. The molecule has 0 aromatic heterocycles.